The predicted molar refractivity (Wildman–Crippen MR) is 155 cm³/mol. The third kappa shape index (κ3) is 5.11. The maximum absolute atomic E-state index is 9.96. The van der Waals surface area contributed by atoms with Crippen molar-refractivity contribution >= 4 is 17.1 Å². The highest BCUT2D eigenvalue weighted by atomic mass is 16.5. The van der Waals surface area contributed by atoms with E-state index in [0.29, 0.717) is 24.3 Å². The lowest BCUT2D eigenvalue weighted by Gasteiger charge is -2.32. The molecule has 1 aromatic carbocycles. The van der Waals surface area contributed by atoms with Gasteiger partial charge in [0.2, 0.25) is 0 Å². The number of aromatic nitrogens is 3. The van der Waals surface area contributed by atoms with E-state index in [2.05, 4.69) is 54.3 Å². The van der Waals surface area contributed by atoms with E-state index in [1.54, 1.807) is 0 Å². The van der Waals surface area contributed by atoms with Crippen molar-refractivity contribution in [3.05, 3.63) is 75.9 Å². The lowest BCUT2D eigenvalue weighted by molar-refractivity contribution is 0.0255. The molecule has 0 spiro atoms. The second-order valence-corrected chi connectivity index (χ2v) is 10.7. The van der Waals surface area contributed by atoms with Gasteiger partial charge in [0, 0.05) is 61.8 Å². The molecule has 4 heterocycles. The second-order valence-electron chi connectivity index (χ2n) is 10.7. The summed E-state index contributed by atoms with van der Waals surface area (Å²) < 4.78 is 8.66. The molecule has 1 unspecified atom stereocenters. The molecule has 39 heavy (non-hydrogen) atoms. The largest absolute Gasteiger partial charge is 0.398 e. The van der Waals surface area contributed by atoms with Crippen LogP contribution in [-0.2, 0) is 43.7 Å². The lowest BCUT2D eigenvalue weighted by atomic mass is 9.88. The third-order valence-corrected chi connectivity index (χ3v) is 7.92. The molecule has 2 aliphatic heterocycles. The Labute approximate surface area is 231 Å². The van der Waals surface area contributed by atoms with Crippen LogP contribution in [0.15, 0.2) is 30.8 Å². The molecule has 8 nitrogen and oxygen atoms in total. The highest BCUT2D eigenvalue weighted by molar-refractivity contribution is 5.63. The van der Waals surface area contributed by atoms with Crippen LogP contribution in [0.2, 0.25) is 0 Å². The summed E-state index contributed by atoms with van der Waals surface area (Å²) in [5.41, 5.74) is 16.9. The van der Waals surface area contributed by atoms with Crippen molar-refractivity contribution in [3.8, 4) is 6.07 Å². The van der Waals surface area contributed by atoms with Gasteiger partial charge < -0.3 is 20.3 Å². The molecule has 0 saturated heterocycles. The van der Waals surface area contributed by atoms with Crippen LogP contribution in [0.4, 0.5) is 11.4 Å². The fraction of sp³-hybridized carbons (Fsp3) is 0.452. The Morgan fingerprint density at radius 3 is 2.79 bits per heavy atom. The number of aryl methyl sites for hydroxylation is 3. The normalized spacial score (nSPS) is 16.7. The number of nitriles is 1. The maximum atomic E-state index is 9.96. The van der Waals surface area contributed by atoms with Gasteiger partial charge in [-0.2, -0.15) is 10.4 Å². The van der Waals surface area contributed by atoms with E-state index in [1.165, 1.54) is 11.4 Å². The summed E-state index contributed by atoms with van der Waals surface area (Å²) in [5.74, 6) is 0. The Bertz CT molecular complexity index is 1430. The smallest absolute Gasteiger partial charge is 0.108 e. The standard InChI is InChI=1S/C31H39N7O/c1-6-9-21-10-11-26(33)24(17-32)31(21)30-16-28-25(19-39-30)29(14-22(7-2)34-28)37-12-8-13-38-23(18-37)15-27(35-38)20(3)36(4)5/h10-11,14-15,30H,3,6-9,12-13,16,18-19,33H2,1-2,4-5H3. The van der Waals surface area contributed by atoms with Gasteiger partial charge in [0.25, 0.3) is 0 Å². The van der Waals surface area contributed by atoms with E-state index in [-0.39, 0.29) is 6.10 Å². The van der Waals surface area contributed by atoms with Crippen LogP contribution in [0.1, 0.15) is 77.8 Å². The van der Waals surface area contributed by atoms with E-state index >= 15 is 0 Å². The van der Waals surface area contributed by atoms with E-state index < -0.39 is 0 Å². The van der Waals surface area contributed by atoms with Gasteiger partial charge in [0.15, 0.2) is 0 Å². The SMILES string of the molecule is C=C(c1cc2n(n1)CCCN(c1cc(CC)nc3c1COC(c1c(CCC)ccc(N)c1C#N)C3)C2)N(C)C. The zero-order valence-corrected chi connectivity index (χ0v) is 23.6. The molecule has 0 saturated carbocycles. The minimum atomic E-state index is -0.241. The van der Waals surface area contributed by atoms with Gasteiger partial charge in [-0.1, -0.05) is 32.9 Å². The van der Waals surface area contributed by atoms with Crippen LogP contribution in [0.5, 0.6) is 0 Å². The first kappa shape index (κ1) is 26.8. The van der Waals surface area contributed by atoms with Gasteiger partial charge in [-0.15, -0.1) is 0 Å². The zero-order chi connectivity index (χ0) is 27.7. The Balaban J connectivity index is 1.50. The van der Waals surface area contributed by atoms with Crippen molar-refractivity contribution in [1.29, 1.82) is 5.26 Å². The molecule has 2 N–H and O–H groups in total. The van der Waals surface area contributed by atoms with Crippen molar-refractivity contribution in [2.75, 3.05) is 31.3 Å². The Morgan fingerprint density at radius 1 is 1.26 bits per heavy atom. The van der Waals surface area contributed by atoms with Crippen LogP contribution >= 0.6 is 0 Å². The van der Waals surface area contributed by atoms with E-state index in [0.717, 1.165) is 84.8 Å². The number of rotatable bonds is 7. The first-order valence-electron chi connectivity index (χ1n) is 14.0. The molecule has 8 heteroatoms. The molecule has 0 fully saturated rings. The van der Waals surface area contributed by atoms with Gasteiger partial charge in [-0.25, -0.2) is 0 Å². The van der Waals surface area contributed by atoms with Crippen molar-refractivity contribution in [2.45, 2.75) is 71.8 Å². The molecule has 2 aromatic heterocycles. The molecular weight excluding hydrogens is 486 g/mol. The number of fused-ring (bicyclic) bond motifs is 2. The summed E-state index contributed by atoms with van der Waals surface area (Å²) in [6, 6.07) is 10.6. The average molecular weight is 526 g/mol. The monoisotopic (exact) mass is 525 g/mol. The van der Waals surface area contributed by atoms with Crippen molar-refractivity contribution in [2.24, 2.45) is 0 Å². The number of pyridine rings is 1. The highest BCUT2D eigenvalue weighted by Gasteiger charge is 2.31. The molecule has 3 aromatic rings. The first-order valence-corrected chi connectivity index (χ1v) is 14.0. The molecule has 2 aliphatic rings. The Morgan fingerprint density at radius 2 is 2.08 bits per heavy atom. The molecule has 0 radical (unpaired) electrons. The minimum absolute atomic E-state index is 0.241. The summed E-state index contributed by atoms with van der Waals surface area (Å²) >= 11 is 0. The van der Waals surface area contributed by atoms with Gasteiger partial charge in [0.05, 0.1) is 41.9 Å². The number of nitrogen functional groups attached to an aromatic ring is 1. The van der Waals surface area contributed by atoms with E-state index in [4.69, 9.17) is 20.6 Å². The molecule has 204 valence electrons. The summed E-state index contributed by atoms with van der Waals surface area (Å²) in [7, 11) is 3.99. The zero-order valence-electron chi connectivity index (χ0n) is 23.6. The quantitative estimate of drug-likeness (QED) is 0.434. The van der Waals surface area contributed by atoms with Crippen LogP contribution in [0, 0.1) is 11.3 Å². The second kappa shape index (κ2) is 11.1. The van der Waals surface area contributed by atoms with E-state index in [1.807, 2.05) is 25.1 Å². The number of hydrogen-bond acceptors (Lipinski definition) is 7. The lowest BCUT2D eigenvalue weighted by Crippen LogP contribution is -2.28. The maximum Gasteiger partial charge on any atom is 0.108 e. The number of nitrogens with two attached hydrogens (primary N) is 1. The summed E-state index contributed by atoms with van der Waals surface area (Å²) in [6.07, 6.45) is 4.11. The van der Waals surface area contributed by atoms with Crippen molar-refractivity contribution in [1.82, 2.24) is 19.7 Å². The van der Waals surface area contributed by atoms with Crippen LogP contribution in [0.3, 0.4) is 0 Å². The summed E-state index contributed by atoms with van der Waals surface area (Å²) in [6.45, 7) is 11.5. The number of benzene rings is 1. The molecule has 0 amide bonds. The number of ether oxygens (including phenoxy) is 1. The minimum Gasteiger partial charge on any atom is -0.398 e. The summed E-state index contributed by atoms with van der Waals surface area (Å²) in [4.78, 5) is 9.53. The van der Waals surface area contributed by atoms with E-state index in [9.17, 15) is 5.26 Å². The molecule has 0 aliphatic carbocycles. The fourth-order valence-electron chi connectivity index (χ4n) is 5.76. The molecule has 5 rings (SSSR count). The van der Waals surface area contributed by atoms with Gasteiger partial charge >= 0.3 is 0 Å². The van der Waals surface area contributed by atoms with Crippen LogP contribution in [0.25, 0.3) is 5.70 Å². The summed E-state index contributed by atoms with van der Waals surface area (Å²) in [5, 5.41) is 14.8. The molecule has 1 atom stereocenters. The Kier molecular flexibility index (Phi) is 7.62. The number of nitrogens with zero attached hydrogens (tertiary/aromatic N) is 6. The average Bonchev–Trinajstić information content (AvgIpc) is 3.23. The first-order chi connectivity index (χ1) is 18.8. The molecular formula is C31H39N7O. The topological polar surface area (TPSA) is 96.2 Å². The fourth-order valence-corrected chi connectivity index (χ4v) is 5.76. The predicted octanol–water partition coefficient (Wildman–Crippen LogP) is 5.00. The van der Waals surface area contributed by atoms with Crippen LogP contribution < -0.4 is 10.6 Å². The van der Waals surface area contributed by atoms with Gasteiger partial charge in [0.1, 0.15) is 11.8 Å². The number of anilines is 2. The Hall–Kier alpha value is -3.83. The van der Waals surface area contributed by atoms with Gasteiger partial charge in [-0.3, -0.25) is 9.67 Å². The highest BCUT2D eigenvalue weighted by Crippen LogP contribution is 2.39. The van der Waals surface area contributed by atoms with Gasteiger partial charge in [-0.05, 0) is 43.0 Å². The van der Waals surface area contributed by atoms with Crippen LogP contribution in [-0.4, -0.2) is 40.3 Å². The number of hydrogen-bond donors (Lipinski definition) is 1. The van der Waals surface area contributed by atoms with Crippen molar-refractivity contribution < 1.29 is 4.74 Å². The van der Waals surface area contributed by atoms with Crippen molar-refractivity contribution in [3.63, 3.8) is 0 Å². The third-order valence-electron chi connectivity index (χ3n) is 7.92. The molecule has 0 bridgehead atoms.